The summed E-state index contributed by atoms with van der Waals surface area (Å²) < 4.78 is 39.3. The monoisotopic (exact) mass is 338 g/mol. The molecule has 1 aromatic carbocycles. The van der Waals surface area contributed by atoms with Crippen LogP contribution in [0.1, 0.15) is 5.56 Å². The molecule has 0 aliphatic heterocycles. The van der Waals surface area contributed by atoms with Gasteiger partial charge in [-0.2, -0.15) is 18.3 Å². The van der Waals surface area contributed by atoms with Crippen LogP contribution in [0.5, 0.6) is 0 Å². The zero-order chi connectivity index (χ0) is 13.5. The Balaban J connectivity index is 2.61. The number of alkyl halides is 3. The molecule has 0 aliphatic rings. The average molecular weight is 339 g/mol. The Morgan fingerprint density at radius 2 is 2.06 bits per heavy atom. The van der Waals surface area contributed by atoms with Crippen molar-refractivity contribution >= 4 is 28.1 Å². The lowest BCUT2D eigenvalue weighted by Crippen LogP contribution is -2.11. The van der Waals surface area contributed by atoms with E-state index in [9.17, 15) is 13.2 Å². The van der Waals surface area contributed by atoms with Gasteiger partial charge in [-0.15, -0.1) is 0 Å². The molecule has 3 N–H and O–H groups in total. The first-order valence-corrected chi connectivity index (χ1v) is 5.80. The highest BCUT2D eigenvalue weighted by molar-refractivity contribution is 9.10. The van der Waals surface area contributed by atoms with Gasteiger partial charge in [0.25, 0.3) is 0 Å². The number of hydrogen-bond acceptors (Lipinski definition) is 3. The Kier molecular flexibility index (Phi) is 3.20. The molecule has 4 nitrogen and oxygen atoms in total. The van der Waals surface area contributed by atoms with Crippen LogP contribution in [0, 0.1) is 4.77 Å². The van der Waals surface area contributed by atoms with Gasteiger partial charge in [-0.25, -0.2) is 9.77 Å². The van der Waals surface area contributed by atoms with Gasteiger partial charge >= 0.3 is 6.18 Å². The third-order valence-electron chi connectivity index (χ3n) is 2.23. The quantitative estimate of drug-likeness (QED) is 0.620. The summed E-state index contributed by atoms with van der Waals surface area (Å²) in [6.07, 6.45) is -4.46. The third kappa shape index (κ3) is 2.27. The van der Waals surface area contributed by atoms with Crippen molar-refractivity contribution in [3.8, 4) is 11.4 Å². The molecule has 18 heavy (non-hydrogen) atoms. The highest BCUT2D eigenvalue weighted by Crippen LogP contribution is 2.36. The number of aromatic nitrogens is 3. The number of halogens is 4. The highest BCUT2D eigenvalue weighted by atomic mass is 79.9. The Labute approximate surface area is 113 Å². The summed E-state index contributed by atoms with van der Waals surface area (Å²) in [6.45, 7) is 0. The van der Waals surface area contributed by atoms with Crippen molar-refractivity contribution in [3.63, 3.8) is 0 Å². The van der Waals surface area contributed by atoms with E-state index in [2.05, 4.69) is 26.1 Å². The van der Waals surface area contributed by atoms with Crippen LogP contribution in [-0.2, 0) is 6.18 Å². The predicted molar refractivity (Wildman–Crippen MR) is 65.7 cm³/mol. The molecule has 0 aliphatic carbocycles. The fourth-order valence-electron chi connectivity index (χ4n) is 1.39. The summed E-state index contributed by atoms with van der Waals surface area (Å²) in [4.78, 5) is 0. The molecule has 0 bridgehead atoms. The Bertz CT molecular complexity index is 646. The smallest absolute Gasteiger partial charge is 0.335 e. The lowest BCUT2D eigenvalue weighted by atomic mass is 10.1. The molecule has 0 unspecified atom stereocenters. The minimum Gasteiger partial charge on any atom is -0.335 e. The van der Waals surface area contributed by atoms with Crippen molar-refractivity contribution in [1.29, 1.82) is 0 Å². The van der Waals surface area contributed by atoms with Gasteiger partial charge in [0.15, 0.2) is 5.82 Å². The zero-order valence-corrected chi connectivity index (χ0v) is 11.0. The molecule has 96 valence electrons. The van der Waals surface area contributed by atoms with Crippen LogP contribution in [-0.4, -0.2) is 14.9 Å². The zero-order valence-electron chi connectivity index (χ0n) is 8.62. The molecule has 1 aromatic heterocycles. The number of hydrogen-bond donors (Lipinski definition) is 2. The van der Waals surface area contributed by atoms with E-state index < -0.39 is 11.7 Å². The summed E-state index contributed by atoms with van der Waals surface area (Å²) in [5.74, 6) is 5.69. The van der Waals surface area contributed by atoms with Crippen molar-refractivity contribution in [2.45, 2.75) is 6.18 Å². The molecule has 0 amide bonds. The Morgan fingerprint density at radius 1 is 1.39 bits per heavy atom. The molecule has 2 aromatic rings. The Morgan fingerprint density at radius 3 is 2.56 bits per heavy atom. The van der Waals surface area contributed by atoms with E-state index in [0.717, 1.165) is 10.7 Å². The number of nitrogen functional groups attached to an aromatic ring is 1. The van der Waals surface area contributed by atoms with E-state index in [1.54, 1.807) is 0 Å². The molecule has 1 heterocycles. The van der Waals surface area contributed by atoms with Crippen LogP contribution in [0.3, 0.4) is 0 Å². The first-order valence-electron chi connectivity index (χ1n) is 4.60. The van der Waals surface area contributed by atoms with Gasteiger partial charge in [-0.3, -0.25) is 0 Å². The summed E-state index contributed by atoms with van der Waals surface area (Å²) in [6, 6.07) is 3.71. The summed E-state index contributed by atoms with van der Waals surface area (Å²) >= 11 is 7.65. The van der Waals surface area contributed by atoms with Crippen molar-refractivity contribution in [2.24, 2.45) is 0 Å². The predicted octanol–water partition coefficient (Wildman–Crippen LogP) is 3.10. The molecular weight excluding hydrogens is 333 g/mol. The van der Waals surface area contributed by atoms with E-state index in [4.69, 9.17) is 18.1 Å². The van der Waals surface area contributed by atoms with Gasteiger partial charge in [0.2, 0.25) is 4.77 Å². The fourth-order valence-corrected chi connectivity index (χ4v) is 1.99. The van der Waals surface area contributed by atoms with E-state index >= 15 is 0 Å². The van der Waals surface area contributed by atoms with Crippen LogP contribution in [0.2, 0.25) is 0 Å². The highest BCUT2D eigenvalue weighted by Gasteiger charge is 2.33. The van der Waals surface area contributed by atoms with Crippen molar-refractivity contribution in [3.05, 3.63) is 33.0 Å². The first kappa shape index (κ1) is 13.1. The number of aromatic amines is 1. The van der Waals surface area contributed by atoms with Crippen LogP contribution < -0.4 is 5.84 Å². The number of nitrogens with zero attached hydrogens (tertiary/aromatic N) is 2. The number of H-pyrrole nitrogens is 1. The summed E-state index contributed by atoms with van der Waals surface area (Å²) in [5, 5.41) is 6.18. The summed E-state index contributed by atoms with van der Waals surface area (Å²) in [7, 11) is 0. The Hall–Kier alpha value is -1.35. The van der Waals surface area contributed by atoms with Crippen LogP contribution >= 0.6 is 28.1 Å². The minimum absolute atomic E-state index is 0.0449. The molecule has 9 heteroatoms. The lowest BCUT2D eigenvalue weighted by molar-refractivity contribution is -0.138. The van der Waals surface area contributed by atoms with Crippen molar-refractivity contribution < 1.29 is 13.2 Å². The molecule has 0 saturated carbocycles. The molecular formula is C9H6BrF3N4S. The van der Waals surface area contributed by atoms with E-state index in [1.165, 1.54) is 12.1 Å². The largest absolute Gasteiger partial charge is 0.417 e. The first-order chi connectivity index (χ1) is 8.30. The second kappa shape index (κ2) is 4.39. The van der Waals surface area contributed by atoms with Crippen LogP contribution in [0.25, 0.3) is 11.4 Å². The SMILES string of the molecule is Nn1c(-c2ccc(Br)c(C(F)(F)F)c2)n[nH]c1=S. The van der Waals surface area contributed by atoms with Crippen molar-refractivity contribution in [1.82, 2.24) is 14.9 Å². The minimum atomic E-state index is -4.46. The van der Waals surface area contributed by atoms with Gasteiger partial charge in [0, 0.05) is 10.0 Å². The van der Waals surface area contributed by atoms with Gasteiger partial charge < -0.3 is 5.84 Å². The number of benzene rings is 1. The maximum absolute atomic E-state index is 12.7. The van der Waals surface area contributed by atoms with E-state index in [1.807, 2.05) is 0 Å². The maximum atomic E-state index is 12.7. The van der Waals surface area contributed by atoms with Gasteiger partial charge in [0.05, 0.1) is 5.56 Å². The number of nitrogens with two attached hydrogens (primary N) is 1. The topological polar surface area (TPSA) is 59.6 Å². The van der Waals surface area contributed by atoms with Gasteiger partial charge in [-0.1, -0.05) is 15.9 Å². The van der Waals surface area contributed by atoms with E-state index in [0.29, 0.717) is 0 Å². The molecule has 0 spiro atoms. The molecule has 0 saturated heterocycles. The average Bonchev–Trinajstić information content (AvgIpc) is 2.59. The lowest BCUT2D eigenvalue weighted by Gasteiger charge is -2.10. The van der Waals surface area contributed by atoms with E-state index in [-0.39, 0.29) is 20.6 Å². The summed E-state index contributed by atoms with van der Waals surface area (Å²) in [5.41, 5.74) is -0.575. The molecule has 0 atom stereocenters. The van der Waals surface area contributed by atoms with Crippen LogP contribution in [0.4, 0.5) is 13.2 Å². The van der Waals surface area contributed by atoms with Crippen molar-refractivity contribution in [2.75, 3.05) is 5.84 Å². The maximum Gasteiger partial charge on any atom is 0.417 e. The van der Waals surface area contributed by atoms with Gasteiger partial charge in [0.1, 0.15) is 0 Å². The number of rotatable bonds is 1. The molecule has 0 radical (unpaired) electrons. The number of nitrogens with one attached hydrogen (secondary N) is 1. The standard InChI is InChI=1S/C9H6BrF3N4S/c10-6-2-1-4(3-5(6)9(11,12)13)7-15-16-8(18)17(7)14/h1-3H,14H2,(H,16,18). The normalized spacial score (nSPS) is 11.8. The second-order valence-electron chi connectivity index (χ2n) is 3.41. The fraction of sp³-hybridized carbons (Fsp3) is 0.111. The molecule has 2 rings (SSSR count). The molecule has 0 fully saturated rings. The van der Waals surface area contributed by atoms with Gasteiger partial charge in [-0.05, 0) is 30.4 Å². The third-order valence-corrected chi connectivity index (χ3v) is 3.21. The van der Waals surface area contributed by atoms with Crippen LogP contribution in [0.15, 0.2) is 22.7 Å². The second-order valence-corrected chi connectivity index (χ2v) is 4.66.